The fraction of sp³-hybridized carbons (Fsp3) is 0.400. The maximum atomic E-state index is 12.5. The van der Waals surface area contributed by atoms with Crippen molar-refractivity contribution in [3.63, 3.8) is 0 Å². The third-order valence-corrected chi connectivity index (χ3v) is 7.56. The van der Waals surface area contributed by atoms with Crippen molar-refractivity contribution in [2.45, 2.75) is 38.0 Å². The van der Waals surface area contributed by atoms with Gasteiger partial charge in [-0.1, -0.05) is 12.1 Å². The van der Waals surface area contributed by atoms with E-state index in [1.807, 2.05) is 35.2 Å². The van der Waals surface area contributed by atoms with E-state index in [1.54, 1.807) is 11.3 Å². The zero-order valence-corrected chi connectivity index (χ0v) is 18.9. The number of hydrogen-bond acceptors (Lipinski definition) is 5. The highest BCUT2D eigenvalue weighted by molar-refractivity contribution is 7.18. The summed E-state index contributed by atoms with van der Waals surface area (Å²) in [6, 6.07) is 15.9. The molecule has 2 saturated heterocycles. The molecule has 2 aliphatic heterocycles. The van der Waals surface area contributed by atoms with Crippen molar-refractivity contribution in [2.75, 3.05) is 36.4 Å². The van der Waals surface area contributed by atoms with E-state index in [0.29, 0.717) is 18.8 Å². The molecule has 7 heteroatoms. The van der Waals surface area contributed by atoms with E-state index in [0.717, 1.165) is 62.3 Å². The Morgan fingerprint density at radius 2 is 1.94 bits per heavy atom. The number of amides is 2. The van der Waals surface area contributed by atoms with Crippen LogP contribution in [-0.4, -0.2) is 47.9 Å². The molecule has 166 valence electrons. The van der Waals surface area contributed by atoms with E-state index in [1.165, 1.54) is 9.71 Å². The van der Waals surface area contributed by atoms with Crippen LogP contribution in [0.4, 0.5) is 11.4 Å². The van der Waals surface area contributed by atoms with Crippen LogP contribution in [0.1, 0.15) is 43.0 Å². The van der Waals surface area contributed by atoms with Gasteiger partial charge in [0.25, 0.3) is 0 Å². The van der Waals surface area contributed by atoms with E-state index in [2.05, 4.69) is 28.4 Å². The number of nitrogens with one attached hydrogen (secondary N) is 1. The molecule has 1 atom stereocenters. The Morgan fingerprint density at radius 3 is 2.72 bits per heavy atom. The summed E-state index contributed by atoms with van der Waals surface area (Å²) in [7, 11) is 0. The number of thiazole rings is 1. The number of fused-ring (bicyclic) bond motifs is 1. The highest BCUT2D eigenvalue weighted by atomic mass is 32.1. The zero-order valence-electron chi connectivity index (χ0n) is 18.1. The molecule has 0 saturated carbocycles. The third kappa shape index (κ3) is 4.69. The lowest BCUT2D eigenvalue weighted by Crippen LogP contribution is -2.36. The van der Waals surface area contributed by atoms with Crippen molar-refractivity contribution in [2.24, 2.45) is 0 Å². The monoisotopic (exact) mass is 448 g/mol. The van der Waals surface area contributed by atoms with Crippen LogP contribution in [0.2, 0.25) is 0 Å². The Kier molecular flexibility index (Phi) is 6.19. The van der Waals surface area contributed by atoms with Gasteiger partial charge < -0.3 is 15.1 Å². The number of benzene rings is 2. The number of carbonyl (C=O) groups is 2. The van der Waals surface area contributed by atoms with Crippen LogP contribution in [0.3, 0.4) is 0 Å². The topological polar surface area (TPSA) is 65.5 Å². The molecule has 2 amide bonds. The minimum absolute atomic E-state index is 0.0251. The molecule has 32 heavy (non-hydrogen) atoms. The van der Waals surface area contributed by atoms with Gasteiger partial charge in [-0.2, -0.15) is 0 Å². The van der Waals surface area contributed by atoms with Gasteiger partial charge in [-0.15, -0.1) is 11.3 Å². The van der Waals surface area contributed by atoms with Crippen molar-refractivity contribution in [3.8, 4) is 0 Å². The minimum atomic E-state index is 0.0251. The number of aromatic nitrogens is 1. The number of piperidine rings is 1. The zero-order chi connectivity index (χ0) is 21.9. The largest absolute Gasteiger partial charge is 0.326 e. The van der Waals surface area contributed by atoms with Crippen molar-refractivity contribution in [1.82, 2.24) is 9.88 Å². The molecule has 5 rings (SSSR count). The molecule has 2 fully saturated rings. The van der Waals surface area contributed by atoms with Crippen LogP contribution in [0.5, 0.6) is 0 Å². The molecular formula is C25H28N4O2S. The lowest BCUT2D eigenvalue weighted by molar-refractivity contribution is -0.117. The van der Waals surface area contributed by atoms with Crippen molar-refractivity contribution >= 4 is 44.7 Å². The van der Waals surface area contributed by atoms with Gasteiger partial charge in [0.05, 0.1) is 15.2 Å². The summed E-state index contributed by atoms with van der Waals surface area (Å²) in [5, 5.41) is 4.21. The summed E-state index contributed by atoms with van der Waals surface area (Å²) >= 11 is 1.80. The van der Waals surface area contributed by atoms with Gasteiger partial charge in [0.15, 0.2) is 0 Å². The first kappa shape index (κ1) is 21.1. The van der Waals surface area contributed by atoms with Crippen LogP contribution in [-0.2, 0) is 9.59 Å². The second kappa shape index (κ2) is 9.38. The van der Waals surface area contributed by atoms with Crippen molar-refractivity contribution in [1.29, 1.82) is 0 Å². The Bertz CT molecular complexity index is 1080. The van der Waals surface area contributed by atoms with Gasteiger partial charge in [-0.25, -0.2) is 4.98 Å². The molecule has 0 radical (unpaired) electrons. The fourth-order valence-electron chi connectivity index (χ4n) is 4.65. The molecule has 1 N–H and O–H groups in total. The summed E-state index contributed by atoms with van der Waals surface area (Å²) in [5.41, 5.74) is 2.76. The minimum Gasteiger partial charge on any atom is -0.326 e. The van der Waals surface area contributed by atoms with Gasteiger partial charge in [0.2, 0.25) is 11.8 Å². The van der Waals surface area contributed by atoms with Crippen LogP contribution >= 0.6 is 11.3 Å². The average Bonchev–Trinajstić information content (AvgIpc) is 3.45. The predicted molar refractivity (Wildman–Crippen MR) is 129 cm³/mol. The number of para-hydroxylation sites is 1. The Labute approximate surface area is 192 Å². The normalized spacial score (nSPS) is 19.6. The molecule has 3 aromatic rings. The average molecular weight is 449 g/mol. The van der Waals surface area contributed by atoms with Gasteiger partial charge in [-0.3, -0.25) is 9.59 Å². The van der Waals surface area contributed by atoms with E-state index in [4.69, 9.17) is 4.98 Å². The molecule has 1 aromatic heterocycles. The third-order valence-electron chi connectivity index (χ3n) is 6.36. The lowest BCUT2D eigenvalue weighted by atomic mass is 9.98. The van der Waals surface area contributed by atoms with Gasteiger partial charge in [-0.05, 0) is 62.2 Å². The second-order valence-corrected chi connectivity index (χ2v) is 9.72. The molecule has 2 aromatic carbocycles. The van der Waals surface area contributed by atoms with E-state index in [9.17, 15) is 9.59 Å². The molecule has 0 bridgehead atoms. The first-order chi connectivity index (χ1) is 15.7. The quantitative estimate of drug-likeness (QED) is 0.597. The second-order valence-electron chi connectivity index (χ2n) is 8.65. The van der Waals surface area contributed by atoms with Crippen LogP contribution in [0.15, 0.2) is 48.5 Å². The van der Waals surface area contributed by atoms with Gasteiger partial charge >= 0.3 is 0 Å². The highest BCUT2D eigenvalue weighted by Gasteiger charge is 2.24. The Morgan fingerprint density at radius 1 is 1.09 bits per heavy atom. The number of nitrogens with zero attached hydrogens (tertiary/aromatic N) is 3. The lowest BCUT2D eigenvalue weighted by Gasteiger charge is -2.31. The maximum absolute atomic E-state index is 12.5. The van der Waals surface area contributed by atoms with Gasteiger partial charge in [0.1, 0.15) is 0 Å². The molecule has 0 unspecified atom stereocenters. The first-order valence-corrected chi connectivity index (χ1v) is 12.3. The number of anilines is 2. The number of rotatable bonds is 6. The molecule has 0 spiro atoms. The van der Waals surface area contributed by atoms with E-state index >= 15 is 0 Å². The fourth-order valence-corrected chi connectivity index (χ4v) is 5.75. The Hall–Kier alpha value is -2.77. The molecule has 6 nitrogen and oxygen atoms in total. The van der Waals surface area contributed by atoms with Crippen molar-refractivity contribution < 1.29 is 9.59 Å². The summed E-state index contributed by atoms with van der Waals surface area (Å²) < 4.78 is 1.25. The Balaban J connectivity index is 1.12. The number of likely N-dealkylation sites (tertiary alicyclic amines) is 1. The summed E-state index contributed by atoms with van der Waals surface area (Å²) in [6.45, 7) is 3.53. The molecule has 3 heterocycles. The van der Waals surface area contributed by atoms with Crippen molar-refractivity contribution in [3.05, 3.63) is 53.5 Å². The van der Waals surface area contributed by atoms with E-state index in [-0.39, 0.29) is 11.8 Å². The van der Waals surface area contributed by atoms with Crippen LogP contribution in [0, 0.1) is 0 Å². The maximum Gasteiger partial charge on any atom is 0.227 e. The van der Waals surface area contributed by atoms with Gasteiger partial charge in [0, 0.05) is 49.8 Å². The SMILES string of the molecule is O=C(CCN1CCC[C@H](c2nc3ccccc3s2)C1)Nc1ccc(N2CCCC2=O)cc1. The molecule has 2 aliphatic rings. The number of carbonyl (C=O) groups excluding carboxylic acids is 2. The van der Waals surface area contributed by atoms with Crippen LogP contribution < -0.4 is 10.2 Å². The standard InChI is InChI=1S/C25H28N4O2S/c30-23(26-19-9-11-20(12-10-19)29-15-4-8-24(29)31)13-16-28-14-3-5-18(17-28)25-27-21-6-1-2-7-22(21)32-25/h1-2,6-7,9-12,18H,3-5,8,13-17H2,(H,26,30)/t18-/m0/s1. The number of hydrogen-bond donors (Lipinski definition) is 1. The van der Waals surface area contributed by atoms with E-state index < -0.39 is 0 Å². The first-order valence-electron chi connectivity index (χ1n) is 11.4. The summed E-state index contributed by atoms with van der Waals surface area (Å²) in [6.07, 6.45) is 4.30. The van der Waals surface area contributed by atoms with Crippen LogP contribution in [0.25, 0.3) is 10.2 Å². The molecule has 0 aliphatic carbocycles. The highest BCUT2D eigenvalue weighted by Crippen LogP contribution is 2.33. The smallest absolute Gasteiger partial charge is 0.227 e. The summed E-state index contributed by atoms with van der Waals surface area (Å²) in [4.78, 5) is 33.4. The summed E-state index contributed by atoms with van der Waals surface area (Å²) in [5.74, 6) is 0.648. The predicted octanol–water partition coefficient (Wildman–Crippen LogP) is 4.63. The molecular weight excluding hydrogens is 420 g/mol.